The van der Waals surface area contributed by atoms with Gasteiger partial charge in [0.1, 0.15) is 13.2 Å². The van der Waals surface area contributed by atoms with E-state index in [4.69, 9.17) is 27.9 Å². The summed E-state index contributed by atoms with van der Waals surface area (Å²) < 4.78 is 33.4. The van der Waals surface area contributed by atoms with E-state index in [0.717, 1.165) is 11.3 Å². The van der Waals surface area contributed by atoms with Gasteiger partial charge in [0.25, 0.3) is 0 Å². The number of hydrogen-bond donors (Lipinski definition) is 1. The average Bonchev–Trinajstić information content (AvgIpc) is 3.22. The molecular formula is C18H15Cl2N3O4S. The first kappa shape index (κ1) is 20.3. The number of esters is 1. The second-order valence-corrected chi connectivity index (χ2v) is 8.26. The first-order valence-electron chi connectivity index (χ1n) is 8.04. The average molecular weight is 440 g/mol. The third-order valence-corrected chi connectivity index (χ3v) is 5.85. The number of benzene rings is 2. The summed E-state index contributed by atoms with van der Waals surface area (Å²) in [6, 6.07) is 12.9. The van der Waals surface area contributed by atoms with Gasteiger partial charge in [-0.25, -0.2) is 13.1 Å². The van der Waals surface area contributed by atoms with Crippen molar-refractivity contribution in [3.8, 4) is 5.69 Å². The van der Waals surface area contributed by atoms with Crippen LogP contribution in [0.4, 0.5) is 0 Å². The molecule has 3 rings (SSSR count). The zero-order valence-corrected chi connectivity index (χ0v) is 16.7. The summed E-state index contributed by atoms with van der Waals surface area (Å²) in [6.45, 7) is -0.485. The molecule has 0 saturated carbocycles. The molecule has 0 unspecified atom stereocenters. The third kappa shape index (κ3) is 5.11. The number of hydrogen-bond acceptors (Lipinski definition) is 5. The highest BCUT2D eigenvalue weighted by Gasteiger charge is 2.17. The predicted octanol–water partition coefficient (Wildman–Crippen LogP) is 3.20. The van der Waals surface area contributed by atoms with Gasteiger partial charge in [-0.3, -0.25) is 4.79 Å². The van der Waals surface area contributed by atoms with Gasteiger partial charge in [-0.05, 0) is 42.0 Å². The number of ether oxygens (including phenoxy) is 1. The lowest BCUT2D eigenvalue weighted by Crippen LogP contribution is -2.30. The largest absolute Gasteiger partial charge is 0.460 e. The van der Waals surface area contributed by atoms with Gasteiger partial charge in [0.15, 0.2) is 0 Å². The van der Waals surface area contributed by atoms with Crippen LogP contribution >= 0.6 is 23.2 Å². The molecule has 2 aromatic carbocycles. The summed E-state index contributed by atoms with van der Waals surface area (Å²) in [7, 11) is -3.91. The molecule has 0 bridgehead atoms. The second-order valence-electron chi connectivity index (χ2n) is 5.68. The molecule has 0 aliphatic heterocycles. The van der Waals surface area contributed by atoms with Crippen molar-refractivity contribution in [1.29, 1.82) is 0 Å². The molecule has 146 valence electrons. The standard InChI is InChI=1S/C18H15Cl2N3O4S/c19-16-7-6-15(10-17(16)20)28(25,26)22-11-18(24)27-12-13-2-4-14(5-3-13)23-9-1-8-21-23/h1-10,22H,11-12H2. The van der Waals surface area contributed by atoms with E-state index in [9.17, 15) is 13.2 Å². The number of carbonyl (C=O) groups excluding carboxylic acids is 1. The number of aromatic nitrogens is 2. The van der Waals surface area contributed by atoms with E-state index in [1.165, 1.54) is 18.2 Å². The van der Waals surface area contributed by atoms with E-state index >= 15 is 0 Å². The normalized spacial score (nSPS) is 11.4. The molecule has 7 nitrogen and oxygen atoms in total. The molecule has 28 heavy (non-hydrogen) atoms. The van der Waals surface area contributed by atoms with Crippen LogP contribution in [0.1, 0.15) is 5.56 Å². The topological polar surface area (TPSA) is 90.3 Å². The summed E-state index contributed by atoms with van der Waals surface area (Å²) in [5.41, 5.74) is 1.63. The van der Waals surface area contributed by atoms with Crippen LogP contribution in [0, 0.1) is 0 Å². The monoisotopic (exact) mass is 439 g/mol. The molecule has 0 amide bonds. The summed E-state index contributed by atoms with van der Waals surface area (Å²) in [4.78, 5) is 11.8. The first-order valence-corrected chi connectivity index (χ1v) is 10.3. The Hall–Kier alpha value is -2.39. The van der Waals surface area contributed by atoms with Crippen molar-refractivity contribution >= 4 is 39.2 Å². The minimum atomic E-state index is -3.91. The lowest BCUT2D eigenvalue weighted by atomic mass is 10.2. The van der Waals surface area contributed by atoms with Crippen LogP contribution in [-0.4, -0.2) is 30.7 Å². The van der Waals surface area contributed by atoms with Crippen molar-refractivity contribution in [2.24, 2.45) is 0 Å². The Balaban J connectivity index is 1.52. The van der Waals surface area contributed by atoms with Gasteiger partial charge < -0.3 is 4.74 Å². The number of nitrogens with zero attached hydrogens (tertiary/aromatic N) is 2. The van der Waals surface area contributed by atoms with Crippen molar-refractivity contribution in [3.05, 3.63) is 76.5 Å². The predicted molar refractivity (Wildman–Crippen MR) is 105 cm³/mol. The van der Waals surface area contributed by atoms with Crippen LogP contribution in [0.25, 0.3) is 5.69 Å². The van der Waals surface area contributed by atoms with Crippen LogP contribution < -0.4 is 4.72 Å². The van der Waals surface area contributed by atoms with Gasteiger partial charge in [-0.1, -0.05) is 35.3 Å². The van der Waals surface area contributed by atoms with Gasteiger partial charge in [0.2, 0.25) is 10.0 Å². The lowest BCUT2D eigenvalue weighted by Gasteiger charge is -2.09. The van der Waals surface area contributed by atoms with Gasteiger partial charge in [0, 0.05) is 12.4 Å². The molecule has 0 aliphatic carbocycles. The van der Waals surface area contributed by atoms with Crippen LogP contribution in [0.2, 0.25) is 10.0 Å². The highest BCUT2D eigenvalue weighted by atomic mass is 35.5. The molecule has 1 N–H and O–H groups in total. The van der Waals surface area contributed by atoms with E-state index in [0.29, 0.717) is 0 Å². The van der Waals surface area contributed by atoms with Gasteiger partial charge in [-0.15, -0.1) is 0 Å². The maximum Gasteiger partial charge on any atom is 0.321 e. The highest BCUT2D eigenvalue weighted by molar-refractivity contribution is 7.89. The Morgan fingerprint density at radius 1 is 1.11 bits per heavy atom. The maximum atomic E-state index is 12.2. The summed E-state index contributed by atoms with van der Waals surface area (Å²) in [6.07, 6.45) is 3.49. The highest BCUT2D eigenvalue weighted by Crippen LogP contribution is 2.24. The Bertz CT molecular complexity index is 1070. The van der Waals surface area contributed by atoms with Crippen LogP contribution in [0.3, 0.4) is 0 Å². The van der Waals surface area contributed by atoms with Crippen molar-refractivity contribution in [3.63, 3.8) is 0 Å². The molecule has 3 aromatic rings. The summed E-state index contributed by atoms with van der Waals surface area (Å²) in [5, 5.41) is 4.46. The Kier molecular flexibility index (Phi) is 6.35. The Morgan fingerprint density at radius 3 is 2.50 bits per heavy atom. The molecule has 0 atom stereocenters. The quantitative estimate of drug-likeness (QED) is 0.570. The van der Waals surface area contributed by atoms with Crippen molar-refractivity contribution in [2.45, 2.75) is 11.5 Å². The summed E-state index contributed by atoms with van der Waals surface area (Å²) >= 11 is 11.6. The number of carbonyl (C=O) groups is 1. The van der Waals surface area contributed by atoms with Crippen LogP contribution in [0.15, 0.2) is 65.8 Å². The minimum absolute atomic E-state index is 0.0206. The maximum absolute atomic E-state index is 12.2. The SMILES string of the molecule is O=C(CNS(=O)(=O)c1ccc(Cl)c(Cl)c1)OCc1ccc(-n2cccn2)cc1. The van der Waals surface area contributed by atoms with E-state index in [2.05, 4.69) is 9.82 Å². The minimum Gasteiger partial charge on any atom is -0.460 e. The number of halogens is 2. The smallest absolute Gasteiger partial charge is 0.321 e. The molecular weight excluding hydrogens is 425 g/mol. The summed E-state index contributed by atoms with van der Waals surface area (Å²) in [5.74, 6) is -0.709. The van der Waals surface area contributed by atoms with Crippen LogP contribution in [-0.2, 0) is 26.2 Å². The lowest BCUT2D eigenvalue weighted by molar-refractivity contribution is -0.143. The van der Waals surface area contributed by atoms with Gasteiger partial charge >= 0.3 is 5.97 Å². The van der Waals surface area contributed by atoms with E-state index in [-0.39, 0.29) is 21.5 Å². The fourth-order valence-corrected chi connectivity index (χ4v) is 3.62. The molecule has 0 saturated heterocycles. The second kappa shape index (κ2) is 8.74. The molecule has 0 radical (unpaired) electrons. The molecule has 0 fully saturated rings. The van der Waals surface area contributed by atoms with Crippen molar-refractivity contribution in [2.75, 3.05) is 6.54 Å². The fourth-order valence-electron chi connectivity index (χ4n) is 2.26. The Morgan fingerprint density at radius 2 is 1.86 bits per heavy atom. The zero-order valence-electron chi connectivity index (χ0n) is 14.4. The first-order chi connectivity index (χ1) is 13.3. The molecule has 0 aliphatic rings. The zero-order chi connectivity index (χ0) is 20.1. The molecule has 1 heterocycles. The number of sulfonamides is 1. The van der Waals surface area contributed by atoms with E-state index < -0.39 is 22.5 Å². The van der Waals surface area contributed by atoms with Gasteiger partial charge in [0.05, 0.1) is 20.6 Å². The van der Waals surface area contributed by atoms with Crippen molar-refractivity contribution in [1.82, 2.24) is 14.5 Å². The Labute approximate surface area is 171 Å². The molecule has 0 spiro atoms. The van der Waals surface area contributed by atoms with E-state index in [1.54, 1.807) is 23.0 Å². The fraction of sp³-hybridized carbons (Fsp3) is 0.111. The third-order valence-electron chi connectivity index (χ3n) is 3.71. The number of nitrogens with one attached hydrogen (secondary N) is 1. The van der Waals surface area contributed by atoms with Crippen molar-refractivity contribution < 1.29 is 17.9 Å². The van der Waals surface area contributed by atoms with Gasteiger partial charge in [-0.2, -0.15) is 9.82 Å². The molecule has 1 aromatic heterocycles. The molecule has 10 heteroatoms. The van der Waals surface area contributed by atoms with E-state index in [1.807, 2.05) is 24.4 Å². The number of rotatable bonds is 7. The van der Waals surface area contributed by atoms with Crippen LogP contribution in [0.5, 0.6) is 0 Å².